The molecular weight excluding hydrogens is 268 g/mol. The Bertz CT molecular complexity index is 456. The molecule has 1 N–H and O–H groups in total. The third-order valence-corrected chi connectivity index (χ3v) is 4.60. The average molecular weight is 292 g/mol. The second-order valence-corrected chi connectivity index (χ2v) is 6.10. The number of ether oxygens (including phenoxy) is 1. The van der Waals surface area contributed by atoms with Gasteiger partial charge in [0.15, 0.2) is 0 Å². The molecule has 2 saturated heterocycles. The van der Waals surface area contributed by atoms with E-state index in [4.69, 9.17) is 4.74 Å². The first-order chi connectivity index (χ1) is 10.3. The number of aromatic amines is 1. The number of carbonyl (C=O) groups excluding carboxylic acids is 1. The molecule has 1 aromatic heterocycles. The molecule has 0 radical (unpaired) electrons. The molecule has 6 heteroatoms. The molecule has 2 aliphatic heterocycles. The van der Waals surface area contributed by atoms with Crippen molar-refractivity contribution in [1.29, 1.82) is 0 Å². The lowest BCUT2D eigenvalue weighted by molar-refractivity contribution is -0.131. The van der Waals surface area contributed by atoms with Gasteiger partial charge in [-0.05, 0) is 12.8 Å². The van der Waals surface area contributed by atoms with Gasteiger partial charge in [0.05, 0.1) is 12.4 Å². The van der Waals surface area contributed by atoms with Gasteiger partial charge in [-0.1, -0.05) is 0 Å². The fraction of sp³-hybridized carbons (Fsp3) is 0.733. The molecule has 0 aromatic carbocycles. The summed E-state index contributed by atoms with van der Waals surface area (Å²) in [4.78, 5) is 23.8. The van der Waals surface area contributed by atoms with Crippen LogP contribution in [-0.2, 0) is 16.1 Å². The summed E-state index contributed by atoms with van der Waals surface area (Å²) in [6, 6.07) is 0. The highest BCUT2D eigenvalue weighted by Crippen LogP contribution is 2.25. The van der Waals surface area contributed by atoms with E-state index in [0.717, 1.165) is 51.3 Å². The van der Waals surface area contributed by atoms with Crippen molar-refractivity contribution in [3.8, 4) is 0 Å². The third kappa shape index (κ3) is 3.44. The topological polar surface area (TPSA) is 61.5 Å². The van der Waals surface area contributed by atoms with Gasteiger partial charge < -0.3 is 14.6 Å². The smallest absolute Gasteiger partial charge is 0.222 e. The zero-order valence-corrected chi connectivity index (χ0v) is 12.6. The van der Waals surface area contributed by atoms with E-state index in [1.807, 2.05) is 11.1 Å². The lowest BCUT2D eigenvalue weighted by Crippen LogP contribution is -2.32. The van der Waals surface area contributed by atoms with E-state index >= 15 is 0 Å². The van der Waals surface area contributed by atoms with E-state index < -0.39 is 0 Å². The molecule has 3 rings (SSSR count). The van der Waals surface area contributed by atoms with E-state index in [1.165, 1.54) is 0 Å². The molecule has 3 heterocycles. The summed E-state index contributed by atoms with van der Waals surface area (Å²) in [6.45, 7) is 4.50. The summed E-state index contributed by atoms with van der Waals surface area (Å²) < 4.78 is 5.60. The molecule has 0 unspecified atom stereocenters. The number of H-pyrrole nitrogens is 1. The Labute approximate surface area is 125 Å². The molecule has 0 aliphatic carbocycles. The minimum absolute atomic E-state index is 0.152. The normalized spacial score (nSPS) is 26.6. The fourth-order valence-electron chi connectivity index (χ4n) is 3.45. The number of rotatable bonds is 5. The van der Waals surface area contributed by atoms with Gasteiger partial charge in [-0.3, -0.25) is 9.69 Å². The molecule has 2 aliphatic rings. The number of nitrogens with one attached hydrogen (secondary N) is 1. The quantitative estimate of drug-likeness (QED) is 0.875. The number of carbonyl (C=O) groups is 1. The number of imidazole rings is 1. The van der Waals surface area contributed by atoms with E-state index in [9.17, 15) is 4.79 Å². The molecule has 6 nitrogen and oxygen atoms in total. The lowest BCUT2D eigenvalue weighted by Gasteiger charge is -2.20. The van der Waals surface area contributed by atoms with Gasteiger partial charge in [0.25, 0.3) is 0 Å². The van der Waals surface area contributed by atoms with Crippen LogP contribution < -0.4 is 0 Å². The molecule has 2 atom stereocenters. The van der Waals surface area contributed by atoms with Crippen LogP contribution in [0.3, 0.4) is 0 Å². The Hall–Kier alpha value is -1.40. The molecule has 1 aromatic rings. The maximum Gasteiger partial charge on any atom is 0.222 e. The lowest BCUT2D eigenvalue weighted by atomic mass is 10.0. The molecule has 2 fully saturated rings. The van der Waals surface area contributed by atoms with E-state index in [0.29, 0.717) is 18.2 Å². The number of nitrogens with zero attached hydrogens (tertiary/aromatic N) is 3. The highest BCUT2D eigenvalue weighted by atomic mass is 16.5. The monoisotopic (exact) mass is 292 g/mol. The summed E-state index contributed by atoms with van der Waals surface area (Å²) in [5.74, 6) is 0.592. The van der Waals surface area contributed by atoms with Crippen LogP contribution in [0, 0.1) is 5.92 Å². The number of methoxy groups -OCH3 is 1. The summed E-state index contributed by atoms with van der Waals surface area (Å²) in [6.07, 6.45) is 6.61. The van der Waals surface area contributed by atoms with Gasteiger partial charge in [-0.2, -0.15) is 0 Å². The van der Waals surface area contributed by atoms with E-state index in [1.54, 1.807) is 13.4 Å². The van der Waals surface area contributed by atoms with Crippen molar-refractivity contribution in [2.75, 3.05) is 33.3 Å². The van der Waals surface area contributed by atoms with Crippen molar-refractivity contribution >= 4 is 5.91 Å². The van der Waals surface area contributed by atoms with Crippen LogP contribution in [-0.4, -0.2) is 65.1 Å². The Morgan fingerprint density at radius 1 is 1.43 bits per heavy atom. The number of aromatic nitrogens is 2. The first-order valence-electron chi connectivity index (χ1n) is 7.76. The van der Waals surface area contributed by atoms with Gasteiger partial charge in [0, 0.05) is 64.1 Å². The second-order valence-electron chi connectivity index (χ2n) is 6.10. The molecule has 0 spiro atoms. The third-order valence-electron chi connectivity index (χ3n) is 4.60. The van der Waals surface area contributed by atoms with Crippen molar-refractivity contribution in [2.24, 2.45) is 5.92 Å². The minimum Gasteiger partial charge on any atom is -0.380 e. The van der Waals surface area contributed by atoms with Crippen LogP contribution in [0.25, 0.3) is 0 Å². The number of hydrogen-bond donors (Lipinski definition) is 1. The molecule has 0 bridgehead atoms. The van der Waals surface area contributed by atoms with Gasteiger partial charge in [0.2, 0.25) is 5.91 Å². The first kappa shape index (κ1) is 14.5. The van der Waals surface area contributed by atoms with Gasteiger partial charge in [0.1, 0.15) is 0 Å². The maximum atomic E-state index is 12.3. The van der Waals surface area contributed by atoms with Crippen LogP contribution in [0.5, 0.6) is 0 Å². The number of likely N-dealkylation sites (tertiary alicyclic amines) is 2. The fourth-order valence-corrected chi connectivity index (χ4v) is 3.45. The van der Waals surface area contributed by atoms with Crippen molar-refractivity contribution < 1.29 is 9.53 Å². The first-order valence-corrected chi connectivity index (χ1v) is 7.76. The molecule has 0 saturated carbocycles. The standard InChI is InChI=1S/C15H24N4O2/c1-21-14-10-18(9-13-7-16-11-17-13)8-12(14)6-15(20)19-4-2-3-5-19/h7,11-12,14H,2-6,8-10H2,1H3,(H,16,17)/t12-,14-/m0/s1. The van der Waals surface area contributed by atoms with E-state index in [2.05, 4.69) is 14.9 Å². The molecule has 21 heavy (non-hydrogen) atoms. The molecular formula is C15H24N4O2. The van der Waals surface area contributed by atoms with Crippen LogP contribution in [0.2, 0.25) is 0 Å². The predicted molar refractivity (Wildman–Crippen MR) is 78.6 cm³/mol. The summed E-state index contributed by atoms with van der Waals surface area (Å²) in [7, 11) is 1.75. The summed E-state index contributed by atoms with van der Waals surface area (Å²) >= 11 is 0. The van der Waals surface area contributed by atoms with Crippen molar-refractivity contribution in [3.63, 3.8) is 0 Å². The van der Waals surface area contributed by atoms with Crippen LogP contribution in [0.1, 0.15) is 25.0 Å². The number of hydrogen-bond acceptors (Lipinski definition) is 4. The van der Waals surface area contributed by atoms with Crippen molar-refractivity contribution in [2.45, 2.75) is 31.9 Å². The highest BCUT2D eigenvalue weighted by molar-refractivity contribution is 5.76. The average Bonchev–Trinajstić information content (AvgIpc) is 3.19. The Morgan fingerprint density at radius 2 is 2.24 bits per heavy atom. The Kier molecular flexibility index (Phi) is 4.55. The summed E-state index contributed by atoms with van der Waals surface area (Å²) in [5, 5.41) is 0. The van der Waals surface area contributed by atoms with Crippen molar-refractivity contribution in [3.05, 3.63) is 18.2 Å². The van der Waals surface area contributed by atoms with Crippen LogP contribution >= 0.6 is 0 Å². The van der Waals surface area contributed by atoms with Crippen molar-refractivity contribution in [1.82, 2.24) is 19.8 Å². The van der Waals surface area contributed by atoms with Crippen LogP contribution in [0.4, 0.5) is 0 Å². The van der Waals surface area contributed by atoms with Crippen LogP contribution in [0.15, 0.2) is 12.5 Å². The zero-order chi connectivity index (χ0) is 14.7. The van der Waals surface area contributed by atoms with Gasteiger partial charge in [-0.15, -0.1) is 0 Å². The number of amides is 1. The SMILES string of the molecule is CO[C@H]1CN(Cc2cnc[nH]2)C[C@@H]1CC(=O)N1CCCC1. The zero-order valence-electron chi connectivity index (χ0n) is 12.6. The van der Waals surface area contributed by atoms with Gasteiger partial charge in [-0.25, -0.2) is 4.98 Å². The Morgan fingerprint density at radius 3 is 2.90 bits per heavy atom. The second kappa shape index (κ2) is 6.58. The largest absolute Gasteiger partial charge is 0.380 e. The molecule has 1 amide bonds. The summed E-state index contributed by atoms with van der Waals surface area (Å²) in [5.41, 5.74) is 1.11. The van der Waals surface area contributed by atoms with Gasteiger partial charge >= 0.3 is 0 Å². The highest BCUT2D eigenvalue weighted by Gasteiger charge is 2.35. The molecule has 116 valence electrons. The Balaban J connectivity index is 1.55. The maximum absolute atomic E-state index is 12.3. The minimum atomic E-state index is 0.152. The predicted octanol–water partition coefficient (Wildman–Crippen LogP) is 0.869. The van der Waals surface area contributed by atoms with E-state index in [-0.39, 0.29) is 6.10 Å².